The van der Waals surface area contributed by atoms with E-state index in [1.807, 2.05) is 0 Å². The quantitative estimate of drug-likeness (QED) is 0.437. The van der Waals surface area contributed by atoms with E-state index in [0.717, 1.165) is 18.7 Å². The van der Waals surface area contributed by atoms with E-state index in [9.17, 15) is 0 Å². The molecule has 68 valence electrons. The van der Waals surface area contributed by atoms with Crippen molar-refractivity contribution in [2.24, 2.45) is 0 Å². The Morgan fingerprint density at radius 2 is 1.93 bits per heavy atom. The number of fused-ring (bicyclic) bond motifs is 1. The highest BCUT2D eigenvalue weighted by molar-refractivity contribution is 9.12. The van der Waals surface area contributed by atoms with Gasteiger partial charge in [0.15, 0.2) is 6.07 Å². The largest absolute Gasteiger partial charge is 0.318 e. The van der Waals surface area contributed by atoms with Gasteiger partial charge in [0, 0.05) is 5.87 Å². The highest BCUT2D eigenvalue weighted by atomic mass is 79.9. The molecule has 0 amide bonds. The molecule has 0 saturated carbocycles. The minimum absolute atomic E-state index is 0.628. The van der Waals surface area contributed by atoms with Gasteiger partial charge in [-0.05, 0) is 31.9 Å². The Labute approximate surface area is 105 Å². The van der Waals surface area contributed by atoms with Crippen molar-refractivity contribution in [1.29, 1.82) is 10.7 Å². The lowest BCUT2D eigenvalue weighted by molar-refractivity contribution is 1.55. The Kier molecular flexibility index (Phi) is 2.69. The second-order valence-electron chi connectivity index (χ2n) is 2.40. The molecule has 0 spiro atoms. The predicted molar refractivity (Wildman–Crippen MR) is 67.9 cm³/mol. The summed E-state index contributed by atoms with van der Waals surface area (Å²) in [6.07, 6.45) is 0. The van der Waals surface area contributed by atoms with Gasteiger partial charge < -0.3 is 0 Å². The number of halogens is 2. The van der Waals surface area contributed by atoms with Crippen molar-refractivity contribution >= 4 is 70.2 Å². The zero-order valence-electron chi connectivity index (χ0n) is 6.52. The Hall–Kier alpha value is -0.310. The van der Waals surface area contributed by atoms with Crippen LogP contribution in [0.25, 0.3) is 4.91 Å². The summed E-state index contributed by atoms with van der Waals surface area (Å²) in [5, 5.41) is 16.1. The van der Waals surface area contributed by atoms with Crippen LogP contribution in [0.1, 0.15) is 11.1 Å². The number of hydrogen-bond acceptors (Lipinski definition) is 3. The van der Waals surface area contributed by atoms with E-state index < -0.39 is 0 Å². The van der Waals surface area contributed by atoms with Gasteiger partial charge in [-0.2, -0.15) is 5.26 Å². The minimum Gasteiger partial charge on any atom is -0.254 e. The molecule has 0 atom stereocenters. The van der Waals surface area contributed by atoms with Crippen molar-refractivity contribution in [3.63, 3.8) is 0 Å². The fourth-order valence-electron chi connectivity index (χ4n) is 1.15. The molecule has 1 N–H and O–H groups in total. The number of nitriles is 1. The summed E-state index contributed by atoms with van der Waals surface area (Å²) in [7, 11) is 0. The van der Waals surface area contributed by atoms with E-state index in [2.05, 4.69) is 43.8 Å². The molecule has 0 fully saturated rings. The Balaban J connectivity index is 2.85. The van der Waals surface area contributed by atoms with Gasteiger partial charge in [0.25, 0.3) is 11.4 Å². The van der Waals surface area contributed by atoms with E-state index in [-0.39, 0.29) is 0 Å². The number of hydrogen-bond donors (Lipinski definition) is 1. The molecule has 0 aromatic carbocycles. The molecule has 1 aliphatic heterocycles. The summed E-state index contributed by atoms with van der Waals surface area (Å²) in [6, 6.07) is 2.13. The Bertz CT molecular complexity index is 544. The smallest absolute Gasteiger partial charge is 0.254 e. The summed E-state index contributed by atoms with van der Waals surface area (Å²) >= 11 is 9.63. The van der Waals surface area contributed by atoms with Gasteiger partial charge in [-0.3, -0.25) is 5.41 Å². The Morgan fingerprint density at radius 3 is 2.50 bits per heavy atom. The van der Waals surface area contributed by atoms with Crippen molar-refractivity contribution in [2.45, 2.75) is 0 Å². The van der Waals surface area contributed by atoms with Crippen LogP contribution >= 0.6 is 43.2 Å². The first-order valence-corrected chi connectivity index (χ1v) is 6.64. The van der Waals surface area contributed by atoms with Crippen LogP contribution in [-0.2, 0) is 11.4 Å². The minimum atomic E-state index is 0.628. The third kappa shape index (κ3) is 1.33. The van der Waals surface area contributed by atoms with Crippen LogP contribution in [0.5, 0.6) is 0 Å². The van der Waals surface area contributed by atoms with Gasteiger partial charge in [0.2, 0.25) is 0 Å². The topological polar surface area (TPSA) is 47.6 Å². The highest BCUT2D eigenvalue weighted by Gasteiger charge is 2.38. The number of thiophene rings is 1. The molecule has 6 heteroatoms. The summed E-state index contributed by atoms with van der Waals surface area (Å²) in [6.45, 7) is 0. The summed E-state index contributed by atoms with van der Waals surface area (Å²) in [4.78, 5) is 1.33. The van der Waals surface area contributed by atoms with E-state index in [0.29, 0.717) is 9.77 Å². The normalized spacial score (nSPS) is 13.2. The number of rotatable bonds is 0. The maximum atomic E-state index is 8.92. The van der Waals surface area contributed by atoms with Crippen molar-refractivity contribution in [2.75, 3.05) is 0 Å². The second kappa shape index (κ2) is 3.69. The standard InChI is InChI=1S/C8HBr2N2S2/c9-7-5-3(1-11)13-4(2-12)6(5)8(10)14-7/h11H/q+1. The van der Waals surface area contributed by atoms with Crippen LogP contribution in [0.3, 0.4) is 0 Å². The molecule has 2 heterocycles. The van der Waals surface area contributed by atoms with Crippen molar-refractivity contribution in [3.05, 3.63) is 18.7 Å². The van der Waals surface area contributed by atoms with E-state index in [1.54, 1.807) is 0 Å². The average molecular weight is 349 g/mol. The lowest BCUT2D eigenvalue weighted by atomic mass is 10.1. The van der Waals surface area contributed by atoms with Crippen LogP contribution in [0.2, 0.25) is 0 Å². The molecule has 0 bridgehead atoms. The van der Waals surface area contributed by atoms with Crippen molar-refractivity contribution in [3.8, 4) is 6.07 Å². The van der Waals surface area contributed by atoms with Crippen molar-refractivity contribution in [1.82, 2.24) is 0 Å². The molecule has 1 aromatic rings. The molecular weight excluding hydrogens is 348 g/mol. The monoisotopic (exact) mass is 347 g/mol. The van der Waals surface area contributed by atoms with Gasteiger partial charge >= 0.3 is 9.77 Å². The summed E-state index contributed by atoms with van der Waals surface area (Å²) in [5.74, 6) is 2.35. The van der Waals surface area contributed by atoms with E-state index in [1.165, 1.54) is 22.7 Å². The fraction of sp³-hybridized carbons (Fsp3) is 0. The predicted octanol–water partition coefficient (Wildman–Crippen LogP) is 3.00. The molecule has 0 radical (unpaired) electrons. The second-order valence-corrected chi connectivity index (χ2v) is 7.07. The van der Waals surface area contributed by atoms with Crippen LogP contribution in [0.4, 0.5) is 0 Å². The maximum Gasteiger partial charge on any atom is 0.318 e. The van der Waals surface area contributed by atoms with Crippen molar-refractivity contribution < 1.29 is 0 Å². The summed E-state index contributed by atoms with van der Waals surface area (Å²) < 4.78 is 1.86. The average Bonchev–Trinajstić information content (AvgIpc) is 2.67. The third-order valence-electron chi connectivity index (χ3n) is 1.70. The van der Waals surface area contributed by atoms with Crippen LogP contribution in [0.15, 0.2) is 7.57 Å². The third-order valence-corrected chi connectivity index (χ3v) is 5.24. The molecule has 1 aliphatic rings. The van der Waals surface area contributed by atoms with Gasteiger partial charge in [0.05, 0.1) is 18.7 Å². The van der Waals surface area contributed by atoms with Gasteiger partial charge in [-0.15, -0.1) is 11.3 Å². The first kappa shape index (κ1) is 10.2. The first-order chi connectivity index (χ1) is 6.69. The highest BCUT2D eigenvalue weighted by Crippen LogP contribution is 2.43. The molecule has 0 unspecified atom stereocenters. The van der Waals surface area contributed by atoms with Gasteiger partial charge in [-0.25, -0.2) is 0 Å². The summed E-state index contributed by atoms with van der Waals surface area (Å²) in [5.41, 5.74) is 1.81. The molecule has 0 aliphatic carbocycles. The van der Waals surface area contributed by atoms with E-state index >= 15 is 0 Å². The maximum absolute atomic E-state index is 8.92. The number of nitrogens with one attached hydrogen (secondary N) is 1. The zero-order valence-corrected chi connectivity index (χ0v) is 11.3. The molecule has 2 rings (SSSR count). The molecule has 14 heavy (non-hydrogen) atoms. The van der Waals surface area contributed by atoms with Crippen LogP contribution in [0, 0.1) is 16.7 Å². The Morgan fingerprint density at radius 1 is 1.29 bits per heavy atom. The van der Waals surface area contributed by atoms with Gasteiger partial charge in [0.1, 0.15) is 0 Å². The molecule has 1 aromatic heterocycles. The molecular formula is C8HBr2N2S2+. The van der Waals surface area contributed by atoms with Gasteiger partial charge in [-0.1, -0.05) is 0 Å². The fourth-order valence-corrected chi connectivity index (χ4v) is 5.64. The van der Waals surface area contributed by atoms with Crippen LogP contribution < -0.4 is 0 Å². The molecule has 2 nitrogen and oxygen atoms in total. The van der Waals surface area contributed by atoms with Crippen LogP contribution in [-0.4, -0.2) is 10.7 Å². The van der Waals surface area contributed by atoms with E-state index in [4.69, 9.17) is 10.7 Å². The molecule has 0 saturated heterocycles. The lowest BCUT2D eigenvalue weighted by Crippen LogP contribution is -1.91. The zero-order chi connectivity index (χ0) is 10.3. The SMILES string of the molecule is N#CC1=[S+]C(=C=N)c2c(Br)sc(Br)c21. The first-order valence-electron chi connectivity index (χ1n) is 3.42. The number of nitrogens with zero attached hydrogens (tertiary/aromatic N) is 1. The lowest BCUT2D eigenvalue weighted by Gasteiger charge is -1.82.